The highest BCUT2D eigenvalue weighted by atomic mass is 32.1. The van der Waals surface area contributed by atoms with Crippen molar-refractivity contribution < 1.29 is 9.53 Å². The van der Waals surface area contributed by atoms with E-state index in [1.807, 2.05) is 37.9 Å². The van der Waals surface area contributed by atoms with Crippen molar-refractivity contribution >= 4 is 24.4 Å². The minimum atomic E-state index is -0.439. The van der Waals surface area contributed by atoms with Crippen LogP contribution >= 0.6 is 12.6 Å². The predicted molar refractivity (Wildman–Crippen MR) is 95.3 cm³/mol. The molecule has 6 heteroatoms. The minimum absolute atomic E-state index is 0.198. The third-order valence-corrected chi connectivity index (χ3v) is 4.21. The Balaban J connectivity index is 1.88. The fourth-order valence-electron chi connectivity index (χ4n) is 2.67. The number of amides is 1. The fourth-order valence-corrected chi connectivity index (χ4v) is 2.86. The van der Waals surface area contributed by atoms with Crippen molar-refractivity contribution in [3.8, 4) is 0 Å². The summed E-state index contributed by atoms with van der Waals surface area (Å²) in [4.78, 5) is 21.3. The summed E-state index contributed by atoms with van der Waals surface area (Å²) in [6.45, 7) is 10.4. The van der Waals surface area contributed by atoms with Crippen LogP contribution in [0, 0.1) is 0 Å². The van der Waals surface area contributed by atoms with E-state index in [4.69, 9.17) is 4.74 Å². The monoisotopic (exact) mass is 337 g/mol. The van der Waals surface area contributed by atoms with Crippen LogP contribution in [-0.2, 0) is 4.74 Å². The van der Waals surface area contributed by atoms with Crippen LogP contribution in [0.25, 0.3) is 0 Å². The summed E-state index contributed by atoms with van der Waals surface area (Å²) >= 11 is 4.35. The largest absolute Gasteiger partial charge is 0.444 e. The molecule has 0 saturated carbocycles. The van der Waals surface area contributed by atoms with E-state index < -0.39 is 5.60 Å². The Labute approximate surface area is 144 Å². The molecule has 0 aliphatic carbocycles. The summed E-state index contributed by atoms with van der Waals surface area (Å²) in [5.74, 6) is 0. The number of likely N-dealkylation sites (tertiary alicyclic amines) is 1. The molecule has 0 N–H and O–H groups in total. The number of thiol groups is 1. The Kier molecular flexibility index (Phi) is 5.79. The third kappa shape index (κ3) is 5.03. The lowest BCUT2D eigenvalue weighted by Gasteiger charge is -2.42. The number of hydrogen-bond acceptors (Lipinski definition) is 5. The van der Waals surface area contributed by atoms with Gasteiger partial charge in [0.1, 0.15) is 5.60 Å². The van der Waals surface area contributed by atoms with Crippen LogP contribution in [0.5, 0.6) is 0 Å². The van der Waals surface area contributed by atoms with Crippen molar-refractivity contribution in [1.82, 2.24) is 9.88 Å². The van der Waals surface area contributed by atoms with Crippen LogP contribution in [0.1, 0.15) is 40.5 Å². The molecule has 1 aliphatic heterocycles. The standard InChI is InChI=1S/C17H27N3O2S/c1-5-19(14-10-15(23)12-18-11-14)8-6-13-7-9-20(13)16(21)22-17(2,3)4/h10-13,23H,5-9H2,1-4H3/t13-/m1/s1. The zero-order valence-electron chi connectivity index (χ0n) is 14.5. The summed E-state index contributed by atoms with van der Waals surface area (Å²) in [7, 11) is 0. The topological polar surface area (TPSA) is 45.7 Å². The first-order valence-corrected chi connectivity index (χ1v) is 8.63. The molecule has 1 atom stereocenters. The van der Waals surface area contributed by atoms with Gasteiger partial charge in [0.05, 0.1) is 11.9 Å². The van der Waals surface area contributed by atoms with Gasteiger partial charge in [-0.3, -0.25) is 4.98 Å². The predicted octanol–water partition coefficient (Wildman–Crippen LogP) is 3.60. The van der Waals surface area contributed by atoms with Gasteiger partial charge in [-0.05, 0) is 46.6 Å². The minimum Gasteiger partial charge on any atom is -0.444 e. The number of hydrogen-bond donors (Lipinski definition) is 1. The molecular formula is C17H27N3O2S. The normalized spacial score (nSPS) is 17.6. The van der Waals surface area contributed by atoms with Gasteiger partial charge in [0.25, 0.3) is 0 Å². The first-order valence-electron chi connectivity index (χ1n) is 8.18. The molecule has 2 rings (SSSR count). The smallest absolute Gasteiger partial charge is 0.410 e. The first kappa shape index (κ1) is 17.9. The molecule has 2 heterocycles. The lowest BCUT2D eigenvalue weighted by molar-refractivity contribution is -0.00622. The quantitative estimate of drug-likeness (QED) is 0.834. The summed E-state index contributed by atoms with van der Waals surface area (Å²) in [5.41, 5.74) is 0.633. The molecule has 5 nitrogen and oxygen atoms in total. The SMILES string of the molecule is CCN(CC[C@@H]1CCN1C(=O)OC(C)(C)C)c1cncc(S)c1. The zero-order chi connectivity index (χ0) is 17.0. The zero-order valence-corrected chi connectivity index (χ0v) is 15.3. The Morgan fingerprint density at radius 1 is 1.48 bits per heavy atom. The van der Waals surface area contributed by atoms with Gasteiger partial charge in [-0.1, -0.05) is 0 Å². The van der Waals surface area contributed by atoms with Gasteiger partial charge in [0.2, 0.25) is 0 Å². The number of aromatic nitrogens is 1. The van der Waals surface area contributed by atoms with Crippen LogP contribution in [-0.4, -0.2) is 47.3 Å². The highest BCUT2D eigenvalue weighted by Crippen LogP contribution is 2.25. The van der Waals surface area contributed by atoms with Crippen molar-refractivity contribution in [2.75, 3.05) is 24.5 Å². The van der Waals surface area contributed by atoms with Gasteiger partial charge in [-0.25, -0.2) is 4.79 Å². The van der Waals surface area contributed by atoms with Gasteiger partial charge >= 0.3 is 6.09 Å². The van der Waals surface area contributed by atoms with Crippen molar-refractivity contribution in [1.29, 1.82) is 0 Å². The molecule has 23 heavy (non-hydrogen) atoms. The number of anilines is 1. The number of nitrogens with zero attached hydrogens (tertiary/aromatic N) is 3. The van der Waals surface area contributed by atoms with E-state index in [0.29, 0.717) is 0 Å². The Morgan fingerprint density at radius 3 is 2.74 bits per heavy atom. The highest BCUT2D eigenvalue weighted by Gasteiger charge is 2.35. The van der Waals surface area contributed by atoms with E-state index in [0.717, 1.165) is 43.1 Å². The van der Waals surface area contributed by atoms with E-state index >= 15 is 0 Å². The lowest BCUT2D eigenvalue weighted by Crippen LogP contribution is -2.53. The first-order chi connectivity index (χ1) is 10.8. The van der Waals surface area contributed by atoms with Gasteiger partial charge in [-0.2, -0.15) is 0 Å². The third-order valence-electron chi connectivity index (χ3n) is 3.96. The molecule has 0 spiro atoms. The summed E-state index contributed by atoms with van der Waals surface area (Å²) in [5, 5.41) is 0. The van der Waals surface area contributed by atoms with Gasteiger partial charge in [0.15, 0.2) is 0 Å². The molecule has 1 fully saturated rings. The van der Waals surface area contributed by atoms with Crippen LogP contribution < -0.4 is 4.90 Å². The second-order valence-corrected chi connectivity index (χ2v) is 7.40. The Morgan fingerprint density at radius 2 is 2.22 bits per heavy atom. The van der Waals surface area contributed by atoms with E-state index in [2.05, 4.69) is 29.4 Å². The van der Waals surface area contributed by atoms with E-state index in [1.54, 1.807) is 6.20 Å². The molecule has 0 radical (unpaired) electrons. The lowest BCUT2D eigenvalue weighted by atomic mass is 10.00. The Bertz CT molecular complexity index is 545. The summed E-state index contributed by atoms with van der Waals surface area (Å²) < 4.78 is 5.46. The average Bonchev–Trinajstić information content (AvgIpc) is 2.40. The summed E-state index contributed by atoms with van der Waals surface area (Å²) in [6, 6.07) is 2.29. The maximum absolute atomic E-state index is 12.2. The Hall–Kier alpha value is -1.43. The second-order valence-electron chi connectivity index (χ2n) is 6.89. The molecule has 1 saturated heterocycles. The maximum atomic E-state index is 12.2. The molecule has 1 aliphatic rings. The van der Waals surface area contributed by atoms with Gasteiger partial charge in [0, 0.05) is 36.8 Å². The highest BCUT2D eigenvalue weighted by molar-refractivity contribution is 7.80. The number of carbonyl (C=O) groups is 1. The van der Waals surface area contributed by atoms with Crippen LogP contribution in [0.4, 0.5) is 10.5 Å². The number of rotatable bonds is 5. The van der Waals surface area contributed by atoms with Crippen LogP contribution in [0.2, 0.25) is 0 Å². The molecule has 1 amide bonds. The number of carbonyl (C=O) groups excluding carboxylic acids is 1. The fraction of sp³-hybridized carbons (Fsp3) is 0.647. The van der Waals surface area contributed by atoms with Crippen LogP contribution in [0.3, 0.4) is 0 Å². The average molecular weight is 337 g/mol. The molecule has 0 aromatic carbocycles. The second kappa shape index (κ2) is 7.43. The van der Waals surface area contributed by atoms with Gasteiger partial charge < -0.3 is 14.5 Å². The van der Waals surface area contributed by atoms with E-state index in [-0.39, 0.29) is 12.1 Å². The molecule has 1 aromatic rings. The van der Waals surface area contributed by atoms with Crippen molar-refractivity contribution in [3.63, 3.8) is 0 Å². The van der Waals surface area contributed by atoms with Crippen LogP contribution in [0.15, 0.2) is 23.4 Å². The van der Waals surface area contributed by atoms with Crippen molar-refractivity contribution in [2.45, 2.75) is 57.1 Å². The molecule has 0 unspecified atom stereocenters. The number of ether oxygens (including phenoxy) is 1. The molecule has 1 aromatic heterocycles. The summed E-state index contributed by atoms with van der Waals surface area (Å²) in [6.07, 6.45) is 5.37. The van der Waals surface area contributed by atoms with E-state index in [9.17, 15) is 4.79 Å². The molecular weight excluding hydrogens is 310 g/mol. The molecule has 0 bridgehead atoms. The van der Waals surface area contributed by atoms with Gasteiger partial charge in [-0.15, -0.1) is 12.6 Å². The van der Waals surface area contributed by atoms with Crippen molar-refractivity contribution in [3.05, 3.63) is 18.5 Å². The maximum Gasteiger partial charge on any atom is 0.410 e. The number of pyridine rings is 1. The van der Waals surface area contributed by atoms with E-state index in [1.165, 1.54) is 0 Å². The van der Waals surface area contributed by atoms with Crippen molar-refractivity contribution in [2.24, 2.45) is 0 Å². The molecule has 128 valence electrons.